The van der Waals surface area contributed by atoms with Crippen LogP contribution in [0.4, 0.5) is 10.8 Å². The van der Waals surface area contributed by atoms with Gasteiger partial charge in [-0.1, -0.05) is 46.7 Å². The maximum Gasteiger partial charge on any atom is 0.186 e. The van der Waals surface area contributed by atoms with E-state index in [1.807, 2.05) is 24.3 Å². The quantitative estimate of drug-likeness (QED) is 0.643. The van der Waals surface area contributed by atoms with Crippen LogP contribution in [-0.2, 0) is 0 Å². The molecule has 2 heterocycles. The zero-order valence-electron chi connectivity index (χ0n) is 12.4. The average molecular weight is 364 g/mol. The highest BCUT2D eigenvalue weighted by atomic mass is 35.5. The van der Waals surface area contributed by atoms with Crippen molar-refractivity contribution in [2.75, 3.05) is 36.0 Å². The van der Waals surface area contributed by atoms with Crippen molar-refractivity contribution < 1.29 is 0 Å². The molecule has 0 amide bonds. The van der Waals surface area contributed by atoms with Crippen LogP contribution >= 0.6 is 34.5 Å². The van der Waals surface area contributed by atoms with Crippen LogP contribution in [0.15, 0.2) is 42.5 Å². The van der Waals surface area contributed by atoms with Crippen LogP contribution in [0.3, 0.4) is 0 Å². The molecule has 1 aliphatic rings. The van der Waals surface area contributed by atoms with E-state index in [1.54, 1.807) is 11.3 Å². The first kappa shape index (κ1) is 15.1. The number of hydrogen-bond donors (Lipinski definition) is 0. The highest BCUT2D eigenvalue weighted by molar-refractivity contribution is 7.22. The van der Waals surface area contributed by atoms with Crippen molar-refractivity contribution in [3.05, 3.63) is 52.5 Å². The maximum atomic E-state index is 6.13. The molecule has 0 N–H and O–H groups in total. The molecule has 1 fully saturated rings. The van der Waals surface area contributed by atoms with Crippen LogP contribution in [0.1, 0.15) is 0 Å². The molecule has 3 nitrogen and oxygen atoms in total. The van der Waals surface area contributed by atoms with Crippen molar-refractivity contribution in [2.45, 2.75) is 0 Å². The molecule has 6 heteroatoms. The first-order chi connectivity index (χ1) is 11.2. The van der Waals surface area contributed by atoms with Gasteiger partial charge in [0.1, 0.15) is 0 Å². The Kier molecular flexibility index (Phi) is 4.05. The largest absolute Gasteiger partial charge is 0.368 e. The Morgan fingerprint density at radius 2 is 1.61 bits per heavy atom. The lowest BCUT2D eigenvalue weighted by Gasteiger charge is -2.36. The molecule has 0 saturated carbocycles. The number of piperazine rings is 1. The van der Waals surface area contributed by atoms with E-state index in [1.165, 1.54) is 4.70 Å². The van der Waals surface area contributed by atoms with Gasteiger partial charge in [0.05, 0.1) is 20.3 Å². The highest BCUT2D eigenvalue weighted by Crippen LogP contribution is 2.31. The Labute approximate surface area is 149 Å². The van der Waals surface area contributed by atoms with Crippen molar-refractivity contribution in [2.24, 2.45) is 0 Å². The number of halogens is 2. The lowest BCUT2D eigenvalue weighted by Crippen LogP contribution is -2.46. The molecule has 0 unspecified atom stereocenters. The third-order valence-electron chi connectivity index (χ3n) is 4.10. The Hall–Kier alpha value is -1.49. The smallest absolute Gasteiger partial charge is 0.186 e. The van der Waals surface area contributed by atoms with Crippen molar-refractivity contribution >= 4 is 55.6 Å². The Morgan fingerprint density at radius 3 is 2.35 bits per heavy atom. The van der Waals surface area contributed by atoms with Crippen LogP contribution < -0.4 is 9.80 Å². The summed E-state index contributed by atoms with van der Waals surface area (Å²) in [6.07, 6.45) is 0. The molecule has 0 bridgehead atoms. The van der Waals surface area contributed by atoms with Gasteiger partial charge in [-0.2, -0.15) is 0 Å². The van der Waals surface area contributed by atoms with Gasteiger partial charge in [-0.25, -0.2) is 4.98 Å². The van der Waals surface area contributed by atoms with E-state index in [0.717, 1.165) is 42.5 Å². The number of anilines is 2. The summed E-state index contributed by atoms with van der Waals surface area (Å²) in [7, 11) is 0. The van der Waals surface area contributed by atoms with Crippen molar-refractivity contribution in [3.8, 4) is 0 Å². The summed E-state index contributed by atoms with van der Waals surface area (Å²) in [5.41, 5.74) is 2.21. The molecular weight excluding hydrogens is 349 g/mol. The minimum Gasteiger partial charge on any atom is -0.368 e. The highest BCUT2D eigenvalue weighted by Gasteiger charge is 2.20. The zero-order chi connectivity index (χ0) is 15.8. The van der Waals surface area contributed by atoms with Gasteiger partial charge in [-0.3, -0.25) is 0 Å². The topological polar surface area (TPSA) is 19.4 Å². The number of fused-ring (bicyclic) bond motifs is 1. The van der Waals surface area contributed by atoms with Crippen LogP contribution in [0.2, 0.25) is 10.0 Å². The summed E-state index contributed by atoms with van der Waals surface area (Å²) < 4.78 is 1.24. The van der Waals surface area contributed by atoms with E-state index in [2.05, 4.69) is 28.0 Å². The first-order valence-corrected chi connectivity index (χ1v) is 9.08. The zero-order valence-corrected chi connectivity index (χ0v) is 14.7. The summed E-state index contributed by atoms with van der Waals surface area (Å²) >= 11 is 13.9. The van der Waals surface area contributed by atoms with Crippen LogP contribution in [0.25, 0.3) is 10.2 Å². The molecule has 1 aliphatic heterocycles. The Balaban J connectivity index is 1.49. The van der Waals surface area contributed by atoms with E-state index in [-0.39, 0.29) is 0 Å². The Bertz CT molecular complexity index is 808. The van der Waals surface area contributed by atoms with Crippen LogP contribution in [-0.4, -0.2) is 31.2 Å². The Morgan fingerprint density at radius 1 is 0.870 bits per heavy atom. The monoisotopic (exact) mass is 363 g/mol. The molecule has 0 spiro atoms. The van der Waals surface area contributed by atoms with Gasteiger partial charge in [0.15, 0.2) is 5.13 Å². The fourth-order valence-electron chi connectivity index (χ4n) is 2.83. The lowest BCUT2D eigenvalue weighted by molar-refractivity contribution is 0.652. The third kappa shape index (κ3) is 2.99. The number of nitrogens with zero attached hydrogens (tertiary/aromatic N) is 3. The first-order valence-electron chi connectivity index (χ1n) is 7.51. The summed E-state index contributed by atoms with van der Waals surface area (Å²) in [5, 5.41) is 2.32. The third-order valence-corrected chi connectivity index (χ3v) is 5.94. The predicted octanol–water partition coefficient (Wildman–Crippen LogP) is 4.93. The number of benzene rings is 2. The molecule has 1 saturated heterocycles. The van der Waals surface area contributed by atoms with Gasteiger partial charge in [-0.05, 0) is 30.3 Å². The molecular formula is C17H15Cl2N3S. The van der Waals surface area contributed by atoms with E-state index in [4.69, 9.17) is 28.2 Å². The van der Waals surface area contributed by atoms with Crippen molar-refractivity contribution in [1.29, 1.82) is 0 Å². The number of thiazole rings is 1. The SMILES string of the molecule is Clc1ccc(N2CCN(c3nc4ccccc4s3)CC2)cc1Cl. The van der Waals surface area contributed by atoms with Gasteiger partial charge >= 0.3 is 0 Å². The lowest BCUT2D eigenvalue weighted by atomic mass is 10.2. The number of para-hydroxylation sites is 1. The van der Waals surface area contributed by atoms with Crippen molar-refractivity contribution in [3.63, 3.8) is 0 Å². The molecule has 0 aliphatic carbocycles. The van der Waals surface area contributed by atoms with E-state index < -0.39 is 0 Å². The van der Waals surface area contributed by atoms with E-state index >= 15 is 0 Å². The van der Waals surface area contributed by atoms with Crippen LogP contribution in [0.5, 0.6) is 0 Å². The van der Waals surface area contributed by atoms with Gasteiger partial charge in [-0.15, -0.1) is 0 Å². The second-order valence-corrected chi connectivity index (χ2v) is 7.36. The minimum atomic E-state index is 0.600. The van der Waals surface area contributed by atoms with Crippen molar-refractivity contribution in [1.82, 2.24) is 4.98 Å². The standard InChI is InChI=1S/C17H15Cl2N3S/c18-13-6-5-12(11-14(13)19)21-7-9-22(10-8-21)17-20-15-3-1-2-4-16(15)23-17/h1-6,11H,7-10H2. The van der Waals surface area contributed by atoms with Gasteiger partial charge in [0.25, 0.3) is 0 Å². The fourth-order valence-corrected chi connectivity index (χ4v) is 4.14. The molecule has 118 valence electrons. The number of hydrogen-bond acceptors (Lipinski definition) is 4. The molecule has 3 aromatic rings. The van der Waals surface area contributed by atoms with Gasteiger partial charge in [0.2, 0.25) is 0 Å². The molecule has 1 aromatic heterocycles. The summed E-state index contributed by atoms with van der Waals surface area (Å²) in [5.74, 6) is 0. The molecule has 4 rings (SSSR count). The van der Waals surface area contributed by atoms with E-state index in [9.17, 15) is 0 Å². The van der Waals surface area contributed by atoms with E-state index in [0.29, 0.717) is 10.0 Å². The second-order valence-electron chi connectivity index (χ2n) is 5.54. The second kappa shape index (κ2) is 6.19. The maximum absolute atomic E-state index is 6.13. The number of rotatable bonds is 2. The van der Waals surface area contributed by atoms with Gasteiger partial charge < -0.3 is 9.80 Å². The van der Waals surface area contributed by atoms with Gasteiger partial charge in [0, 0.05) is 31.9 Å². The predicted molar refractivity (Wildman–Crippen MR) is 101 cm³/mol. The normalized spacial score (nSPS) is 15.4. The minimum absolute atomic E-state index is 0.600. The summed E-state index contributed by atoms with van der Waals surface area (Å²) in [6.45, 7) is 3.82. The fraction of sp³-hybridized carbons (Fsp3) is 0.235. The summed E-state index contributed by atoms with van der Waals surface area (Å²) in [6, 6.07) is 14.1. The molecule has 0 radical (unpaired) electrons. The molecule has 0 atom stereocenters. The molecule has 2 aromatic carbocycles. The molecule has 23 heavy (non-hydrogen) atoms. The average Bonchev–Trinajstić information content (AvgIpc) is 3.02. The van der Waals surface area contributed by atoms with Crippen LogP contribution in [0, 0.1) is 0 Å². The number of aromatic nitrogens is 1. The summed E-state index contributed by atoms with van der Waals surface area (Å²) in [4.78, 5) is 9.45.